The Morgan fingerprint density at radius 3 is 2.74 bits per heavy atom. The molecule has 1 saturated carbocycles. The van der Waals surface area contributed by atoms with Crippen LogP contribution in [0.5, 0.6) is 0 Å². The third kappa shape index (κ3) is 7.46. The first-order valence-electron chi connectivity index (χ1n) is 9.11. The zero-order chi connectivity index (χ0) is 16.3. The van der Waals surface area contributed by atoms with Gasteiger partial charge in [0, 0.05) is 24.8 Å². The Morgan fingerprint density at radius 1 is 1.22 bits per heavy atom. The fourth-order valence-electron chi connectivity index (χ4n) is 3.01. The fraction of sp³-hybridized carbons (Fsp3) is 0.882. The first-order chi connectivity index (χ1) is 11.3. The van der Waals surface area contributed by atoms with E-state index in [1.54, 1.807) is 0 Å². The van der Waals surface area contributed by atoms with Crippen molar-refractivity contribution in [2.75, 3.05) is 25.4 Å². The number of guanidine groups is 1. The van der Waals surface area contributed by atoms with E-state index in [0.717, 1.165) is 44.9 Å². The maximum Gasteiger partial charge on any atom is 0.306 e. The summed E-state index contributed by atoms with van der Waals surface area (Å²) in [6, 6.07) is 0. The molecule has 1 saturated heterocycles. The topological polar surface area (TPSA) is 62.7 Å². The number of ether oxygens (including phenoxy) is 1. The Kier molecular flexibility index (Phi) is 8.64. The van der Waals surface area contributed by atoms with Crippen molar-refractivity contribution in [2.45, 2.75) is 69.6 Å². The van der Waals surface area contributed by atoms with E-state index < -0.39 is 0 Å². The highest BCUT2D eigenvalue weighted by Crippen LogP contribution is 2.26. The third-order valence-electron chi connectivity index (χ3n) is 4.27. The molecule has 132 valence electrons. The molecule has 1 heterocycles. The van der Waals surface area contributed by atoms with Gasteiger partial charge in [-0.25, -0.2) is 0 Å². The number of hydrogen-bond donors (Lipinski definition) is 2. The first kappa shape index (κ1) is 18.4. The van der Waals surface area contributed by atoms with Gasteiger partial charge < -0.3 is 15.4 Å². The molecular formula is C17H31N3O2S. The van der Waals surface area contributed by atoms with Gasteiger partial charge in [-0.3, -0.25) is 9.79 Å². The molecule has 6 heteroatoms. The Bertz CT molecular complexity index is 378. The minimum Gasteiger partial charge on any atom is -0.462 e. The predicted molar refractivity (Wildman–Crippen MR) is 97.0 cm³/mol. The lowest BCUT2D eigenvalue weighted by atomic mass is 10.2. The molecule has 0 amide bonds. The molecule has 0 radical (unpaired) electrons. The zero-order valence-corrected chi connectivity index (χ0v) is 15.1. The highest BCUT2D eigenvalue weighted by Gasteiger charge is 2.18. The second kappa shape index (κ2) is 10.8. The van der Waals surface area contributed by atoms with Crippen molar-refractivity contribution in [2.24, 2.45) is 4.99 Å². The van der Waals surface area contributed by atoms with Gasteiger partial charge in [-0.05, 0) is 57.6 Å². The number of carbonyl (C=O) groups excluding carboxylic acids is 1. The van der Waals surface area contributed by atoms with Crippen molar-refractivity contribution in [1.82, 2.24) is 10.6 Å². The van der Waals surface area contributed by atoms with Crippen LogP contribution >= 0.6 is 11.8 Å². The summed E-state index contributed by atoms with van der Waals surface area (Å²) in [7, 11) is 0. The second-order valence-corrected chi connectivity index (χ2v) is 7.69. The maximum absolute atomic E-state index is 11.8. The van der Waals surface area contributed by atoms with Crippen molar-refractivity contribution in [3.8, 4) is 0 Å². The lowest BCUT2D eigenvalue weighted by molar-refractivity contribution is -0.148. The molecule has 2 fully saturated rings. The highest BCUT2D eigenvalue weighted by atomic mass is 32.2. The summed E-state index contributed by atoms with van der Waals surface area (Å²) in [5.74, 6) is 2.08. The van der Waals surface area contributed by atoms with Crippen LogP contribution in [-0.2, 0) is 9.53 Å². The van der Waals surface area contributed by atoms with Gasteiger partial charge in [0.05, 0.1) is 6.54 Å². The molecule has 0 aromatic carbocycles. The molecule has 1 atom stereocenters. The number of nitrogens with zero attached hydrogens (tertiary/aromatic N) is 1. The van der Waals surface area contributed by atoms with Crippen LogP contribution in [0.1, 0.15) is 58.3 Å². The van der Waals surface area contributed by atoms with E-state index in [9.17, 15) is 4.79 Å². The fourth-order valence-corrected chi connectivity index (χ4v) is 4.19. The van der Waals surface area contributed by atoms with Gasteiger partial charge in [-0.2, -0.15) is 11.8 Å². The number of esters is 1. The van der Waals surface area contributed by atoms with Crippen molar-refractivity contribution in [3.63, 3.8) is 0 Å². The van der Waals surface area contributed by atoms with E-state index in [4.69, 9.17) is 4.74 Å². The van der Waals surface area contributed by atoms with Crippen molar-refractivity contribution in [1.29, 1.82) is 0 Å². The summed E-state index contributed by atoms with van der Waals surface area (Å²) in [6.07, 6.45) is 8.52. The van der Waals surface area contributed by atoms with Gasteiger partial charge in [0.2, 0.25) is 0 Å². The summed E-state index contributed by atoms with van der Waals surface area (Å²) in [6.45, 7) is 4.56. The van der Waals surface area contributed by atoms with Gasteiger partial charge in [0.1, 0.15) is 6.10 Å². The number of aliphatic imine (C=N–C) groups is 1. The van der Waals surface area contributed by atoms with Gasteiger partial charge >= 0.3 is 5.97 Å². The van der Waals surface area contributed by atoms with E-state index >= 15 is 0 Å². The van der Waals surface area contributed by atoms with E-state index in [1.165, 1.54) is 31.4 Å². The minimum atomic E-state index is -0.0528. The smallest absolute Gasteiger partial charge is 0.306 e. The number of thioether (sulfide) groups is 1. The number of rotatable bonds is 8. The minimum absolute atomic E-state index is 0.0528. The van der Waals surface area contributed by atoms with Crippen LogP contribution in [0.3, 0.4) is 0 Å². The SMILES string of the molecule is CCNC(=NCC1CCCS1)NCCCC(=O)OC1CCCC1. The second-order valence-electron chi connectivity index (χ2n) is 6.28. The molecule has 23 heavy (non-hydrogen) atoms. The number of nitrogens with one attached hydrogen (secondary N) is 2. The van der Waals surface area contributed by atoms with Gasteiger partial charge in [0.15, 0.2) is 5.96 Å². The molecule has 0 spiro atoms. The molecule has 0 bridgehead atoms. The highest BCUT2D eigenvalue weighted by molar-refractivity contribution is 8.00. The Morgan fingerprint density at radius 2 is 2.04 bits per heavy atom. The van der Waals surface area contributed by atoms with Crippen LogP contribution < -0.4 is 10.6 Å². The normalized spacial score (nSPS) is 22.3. The standard InChI is InChI=1S/C17H31N3O2S/c1-2-18-17(20-13-15-9-6-12-23-15)19-11-5-10-16(21)22-14-7-3-4-8-14/h14-15H,2-13H2,1H3,(H2,18,19,20). The van der Waals surface area contributed by atoms with Crippen LogP contribution in [-0.4, -0.2) is 48.7 Å². The van der Waals surface area contributed by atoms with Crippen molar-refractivity contribution >= 4 is 23.7 Å². The summed E-state index contributed by atoms with van der Waals surface area (Å²) >= 11 is 2.03. The largest absolute Gasteiger partial charge is 0.462 e. The number of hydrogen-bond acceptors (Lipinski definition) is 4. The van der Waals surface area contributed by atoms with Crippen LogP contribution in [0.4, 0.5) is 0 Å². The molecule has 0 aromatic rings. The maximum atomic E-state index is 11.8. The Hall–Kier alpha value is -0.910. The van der Waals surface area contributed by atoms with Gasteiger partial charge in [0.25, 0.3) is 0 Å². The molecule has 1 unspecified atom stereocenters. The summed E-state index contributed by atoms with van der Waals surface area (Å²) in [4.78, 5) is 16.4. The molecule has 0 aromatic heterocycles. The third-order valence-corrected chi connectivity index (χ3v) is 5.65. The molecule has 5 nitrogen and oxygen atoms in total. The molecular weight excluding hydrogens is 310 g/mol. The van der Waals surface area contributed by atoms with E-state index in [-0.39, 0.29) is 12.1 Å². The van der Waals surface area contributed by atoms with Gasteiger partial charge in [-0.1, -0.05) is 0 Å². The van der Waals surface area contributed by atoms with Crippen LogP contribution in [0.15, 0.2) is 4.99 Å². The van der Waals surface area contributed by atoms with Crippen molar-refractivity contribution in [3.05, 3.63) is 0 Å². The zero-order valence-electron chi connectivity index (χ0n) is 14.3. The summed E-state index contributed by atoms with van der Waals surface area (Å²) in [5, 5.41) is 7.26. The molecule has 2 N–H and O–H groups in total. The van der Waals surface area contributed by atoms with Crippen LogP contribution in [0.25, 0.3) is 0 Å². The molecule has 1 aliphatic carbocycles. The quantitative estimate of drug-likeness (QED) is 0.308. The molecule has 2 rings (SSSR count). The number of carbonyl (C=O) groups is 1. The summed E-state index contributed by atoms with van der Waals surface area (Å²) < 4.78 is 5.47. The molecule has 1 aliphatic heterocycles. The monoisotopic (exact) mass is 341 g/mol. The van der Waals surface area contributed by atoms with Crippen LogP contribution in [0.2, 0.25) is 0 Å². The average molecular weight is 342 g/mol. The average Bonchev–Trinajstić information content (AvgIpc) is 3.22. The van der Waals surface area contributed by atoms with Crippen LogP contribution in [0, 0.1) is 0 Å². The Balaban J connectivity index is 1.59. The van der Waals surface area contributed by atoms with Gasteiger partial charge in [-0.15, -0.1) is 0 Å². The van der Waals surface area contributed by atoms with Crippen molar-refractivity contribution < 1.29 is 9.53 Å². The lowest BCUT2D eigenvalue weighted by Crippen LogP contribution is -2.38. The Labute approximate surface area is 144 Å². The first-order valence-corrected chi connectivity index (χ1v) is 10.2. The summed E-state index contributed by atoms with van der Waals surface area (Å²) in [5.41, 5.74) is 0. The lowest BCUT2D eigenvalue weighted by Gasteiger charge is -2.13. The van der Waals surface area contributed by atoms with E-state index in [1.807, 2.05) is 11.8 Å². The van der Waals surface area contributed by atoms with E-state index in [2.05, 4.69) is 22.5 Å². The molecule has 2 aliphatic rings. The predicted octanol–water partition coefficient (Wildman–Crippen LogP) is 2.70. The van der Waals surface area contributed by atoms with E-state index in [0.29, 0.717) is 11.7 Å².